The highest BCUT2D eigenvalue weighted by atomic mass is 32.2. The first kappa shape index (κ1) is 32.4. The van der Waals surface area contributed by atoms with Crippen LogP contribution in [0.4, 0.5) is 14.5 Å². The molecule has 3 fully saturated rings. The lowest BCUT2D eigenvalue weighted by Crippen LogP contribution is -2.56. The van der Waals surface area contributed by atoms with E-state index in [4.69, 9.17) is 10.5 Å². The summed E-state index contributed by atoms with van der Waals surface area (Å²) in [5.41, 5.74) is 5.87. The van der Waals surface area contributed by atoms with E-state index in [9.17, 15) is 23.5 Å². The van der Waals surface area contributed by atoms with Crippen LogP contribution in [0.2, 0.25) is 0 Å². The standard InChI is InChI=1S/C19H23F2N3O4S.C10H23N/c1-18(2)14(17(26)27)24(10-29-18)16(25)12-5-6-13(23-8-19(20,21)9-23)15(22-12)28-7-11-3-4-11;1-2-3-4-5-6-7-8-9-10-11/h5-6,11,14H,3-4,7-10H2,1-2H3,(H,26,27);2-11H2,1H3/t14-;/m1./s1. The molecule has 11 heteroatoms. The summed E-state index contributed by atoms with van der Waals surface area (Å²) in [6.45, 7) is 6.29. The van der Waals surface area contributed by atoms with Crippen LogP contribution in [0, 0.1) is 5.92 Å². The molecule has 2 saturated heterocycles. The third-order valence-corrected chi connectivity index (χ3v) is 8.87. The van der Waals surface area contributed by atoms with Gasteiger partial charge < -0.3 is 25.4 Å². The molecule has 0 spiro atoms. The highest BCUT2D eigenvalue weighted by Crippen LogP contribution is 2.41. The third-order valence-electron chi connectivity index (χ3n) is 7.50. The van der Waals surface area contributed by atoms with Crippen molar-refractivity contribution < 1.29 is 28.2 Å². The first-order valence-electron chi connectivity index (χ1n) is 14.6. The average molecular weight is 585 g/mol. The van der Waals surface area contributed by atoms with Gasteiger partial charge in [0.15, 0.2) is 0 Å². The molecular weight excluding hydrogens is 538 g/mol. The fraction of sp³-hybridized carbons (Fsp3) is 0.759. The number of hydrogen-bond acceptors (Lipinski definition) is 7. The molecule has 1 aliphatic carbocycles. The lowest BCUT2D eigenvalue weighted by molar-refractivity contribution is -0.142. The Morgan fingerprint density at radius 2 is 1.73 bits per heavy atom. The molecule has 1 aromatic rings. The number of carboxylic acid groups (broad SMARTS) is 1. The molecule has 3 N–H and O–H groups in total. The van der Waals surface area contributed by atoms with E-state index in [1.54, 1.807) is 19.9 Å². The number of aliphatic carboxylic acids is 1. The van der Waals surface area contributed by atoms with Gasteiger partial charge in [-0.25, -0.2) is 18.6 Å². The third kappa shape index (κ3) is 9.19. The van der Waals surface area contributed by atoms with Gasteiger partial charge in [-0.1, -0.05) is 51.9 Å². The monoisotopic (exact) mass is 584 g/mol. The van der Waals surface area contributed by atoms with E-state index in [0.29, 0.717) is 18.2 Å². The molecule has 1 amide bonds. The second-order valence-electron chi connectivity index (χ2n) is 11.6. The average Bonchev–Trinajstić information content (AvgIpc) is 3.66. The maximum atomic E-state index is 13.3. The number of carbonyl (C=O) groups excluding carboxylic acids is 1. The zero-order valence-electron chi connectivity index (χ0n) is 24.2. The number of ether oxygens (including phenoxy) is 1. The molecule has 0 unspecified atom stereocenters. The molecule has 2 aliphatic heterocycles. The van der Waals surface area contributed by atoms with E-state index in [1.165, 1.54) is 79.0 Å². The number of aromatic nitrogens is 1. The maximum absolute atomic E-state index is 13.3. The van der Waals surface area contributed by atoms with Crippen molar-refractivity contribution in [2.45, 2.75) is 102 Å². The zero-order valence-corrected chi connectivity index (χ0v) is 25.0. The zero-order chi connectivity index (χ0) is 29.3. The number of amides is 1. The van der Waals surface area contributed by atoms with Gasteiger partial charge in [-0.2, -0.15) is 0 Å². The smallest absolute Gasteiger partial charge is 0.327 e. The SMILES string of the molecule is CC1(C)SCN(C(=O)c2ccc(N3CC(F)(F)C3)c(OCC3CC3)n2)[C@@H]1C(=O)O.CCCCCCCCCCN. The van der Waals surface area contributed by atoms with Crippen LogP contribution in [-0.4, -0.2) is 75.7 Å². The minimum atomic E-state index is -2.74. The summed E-state index contributed by atoms with van der Waals surface area (Å²) >= 11 is 1.39. The summed E-state index contributed by atoms with van der Waals surface area (Å²) < 4.78 is 31.8. The van der Waals surface area contributed by atoms with E-state index in [0.717, 1.165) is 19.4 Å². The second kappa shape index (κ2) is 14.7. The van der Waals surface area contributed by atoms with Crippen LogP contribution in [0.1, 0.15) is 95.5 Å². The van der Waals surface area contributed by atoms with Gasteiger partial charge in [0.2, 0.25) is 5.88 Å². The van der Waals surface area contributed by atoms with Crippen molar-refractivity contribution in [2.24, 2.45) is 11.7 Å². The fourth-order valence-corrected chi connectivity index (χ4v) is 5.98. The van der Waals surface area contributed by atoms with Crippen molar-refractivity contribution in [1.82, 2.24) is 9.88 Å². The molecule has 0 bridgehead atoms. The summed E-state index contributed by atoms with van der Waals surface area (Å²) in [4.78, 5) is 31.8. The number of nitrogens with zero attached hydrogens (tertiary/aromatic N) is 3. The maximum Gasteiger partial charge on any atom is 0.327 e. The van der Waals surface area contributed by atoms with Gasteiger partial charge in [-0.3, -0.25) is 4.79 Å². The Labute approximate surface area is 241 Å². The van der Waals surface area contributed by atoms with Gasteiger partial charge in [-0.15, -0.1) is 11.8 Å². The summed E-state index contributed by atoms with van der Waals surface area (Å²) in [5.74, 6) is -3.51. The number of carboxylic acids is 1. The van der Waals surface area contributed by atoms with Crippen LogP contribution >= 0.6 is 11.8 Å². The van der Waals surface area contributed by atoms with Crippen LogP contribution in [0.15, 0.2) is 12.1 Å². The van der Waals surface area contributed by atoms with Gasteiger partial charge in [0, 0.05) is 4.75 Å². The summed E-state index contributed by atoms with van der Waals surface area (Å²) in [6, 6.07) is 2.03. The molecule has 8 nitrogen and oxygen atoms in total. The number of unbranched alkanes of at least 4 members (excludes halogenated alkanes) is 7. The van der Waals surface area contributed by atoms with E-state index >= 15 is 0 Å². The Morgan fingerprint density at radius 1 is 1.10 bits per heavy atom. The normalized spacial score (nSPS) is 20.9. The highest BCUT2D eigenvalue weighted by Gasteiger charge is 2.49. The number of halogens is 2. The van der Waals surface area contributed by atoms with Crippen LogP contribution < -0.4 is 15.4 Å². The van der Waals surface area contributed by atoms with Crippen LogP contribution in [-0.2, 0) is 4.79 Å². The Bertz CT molecular complexity index is 977. The van der Waals surface area contributed by atoms with Crippen LogP contribution in [0.5, 0.6) is 5.88 Å². The molecule has 3 aliphatic rings. The fourth-order valence-electron chi connectivity index (χ4n) is 4.86. The number of pyridine rings is 1. The largest absolute Gasteiger partial charge is 0.480 e. The lowest BCUT2D eigenvalue weighted by Gasteiger charge is -2.40. The first-order valence-corrected chi connectivity index (χ1v) is 15.6. The van der Waals surface area contributed by atoms with Crippen molar-refractivity contribution in [3.8, 4) is 5.88 Å². The Kier molecular flexibility index (Phi) is 11.9. The van der Waals surface area contributed by atoms with Crippen molar-refractivity contribution in [2.75, 3.05) is 37.0 Å². The number of alkyl halides is 2. The van der Waals surface area contributed by atoms with Crippen molar-refractivity contribution >= 4 is 29.3 Å². The number of thioether (sulfide) groups is 1. The Morgan fingerprint density at radius 3 is 2.27 bits per heavy atom. The molecule has 226 valence electrons. The number of hydrogen-bond donors (Lipinski definition) is 2. The lowest BCUT2D eigenvalue weighted by atomic mass is 10.0. The molecule has 0 aromatic carbocycles. The number of nitrogens with two attached hydrogens (primary N) is 1. The topological polar surface area (TPSA) is 109 Å². The van der Waals surface area contributed by atoms with E-state index in [-0.39, 0.29) is 17.5 Å². The molecule has 3 heterocycles. The van der Waals surface area contributed by atoms with Gasteiger partial charge >= 0.3 is 5.97 Å². The van der Waals surface area contributed by atoms with Crippen molar-refractivity contribution in [3.05, 3.63) is 17.8 Å². The minimum Gasteiger partial charge on any atom is -0.480 e. The van der Waals surface area contributed by atoms with Gasteiger partial charge in [0.25, 0.3) is 11.8 Å². The van der Waals surface area contributed by atoms with Gasteiger partial charge in [0.1, 0.15) is 17.4 Å². The van der Waals surface area contributed by atoms with Crippen molar-refractivity contribution in [3.63, 3.8) is 0 Å². The number of rotatable bonds is 14. The van der Waals surface area contributed by atoms with Crippen LogP contribution in [0.25, 0.3) is 0 Å². The first-order chi connectivity index (χ1) is 19.0. The summed E-state index contributed by atoms with van der Waals surface area (Å²) in [5, 5.41) is 9.60. The molecule has 0 radical (unpaired) electrons. The molecule has 1 aromatic heterocycles. The Balaban J connectivity index is 0.000000342. The van der Waals surface area contributed by atoms with E-state index < -0.39 is 41.7 Å². The van der Waals surface area contributed by atoms with Gasteiger partial charge in [0.05, 0.1) is 25.6 Å². The molecule has 1 atom stereocenters. The minimum absolute atomic E-state index is 0.0522. The highest BCUT2D eigenvalue weighted by molar-refractivity contribution is 8.00. The summed E-state index contributed by atoms with van der Waals surface area (Å²) in [7, 11) is 0. The summed E-state index contributed by atoms with van der Waals surface area (Å²) in [6.07, 6.45) is 13.1. The molecule has 1 saturated carbocycles. The van der Waals surface area contributed by atoms with Crippen LogP contribution in [0.3, 0.4) is 0 Å². The van der Waals surface area contributed by atoms with E-state index in [1.807, 2.05) is 0 Å². The quantitative estimate of drug-likeness (QED) is 0.265. The van der Waals surface area contributed by atoms with Gasteiger partial charge in [-0.05, 0) is 57.7 Å². The van der Waals surface area contributed by atoms with E-state index in [2.05, 4.69) is 11.9 Å². The number of carbonyl (C=O) groups is 2. The predicted molar refractivity (Wildman–Crippen MR) is 155 cm³/mol. The van der Waals surface area contributed by atoms with Crippen molar-refractivity contribution in [1.29, 1.82) is 0 Å². The molecular formula is C29H46F2N4O4S. The molecule has 40 heavy (non-hydrogen) atoms. The Hall–Kier alpha value is -2.14. The molecule has 4 rings (SSSR count). The second-order valence-corrected chi connectivity index (χ2v) is 13.2. The number of anilines is 1. The predicted octanol–water partition coefficient (Wildman–Crippen LogP) is 5.79.